The van der Waals surface area contributed by atoms with Crippen LogP contribution < -0.4 is 15.2 Å². The molecule has 0 bridgehead atoms. The van der Waals surface area contributed by atoms with E-state index >= 15 is 0 Å². The Hall–Kier alpha value is -1.29. The first-order chi connectivity index (χ1) is 7.72. The number of nitrogens with two attached hydrogens (primary N) is 1. The van der Waals surface area contributed by atoms with E-state index in [1.165, 1.54) is 0 Å². The number of hydrogen-bond donors (Lipinski definition) is 1. The topological polar surface area (TPSA) is 44.5 Å². The predicted molar refractivity (Wildman–Crippen MR) is 61.7 cm³/mol. The summed E-state index contributed by atoms with van der Waals surface area (Å²) in [5.41, 5.74) is 5.90. The van der Waals surface area contributed by atoms with E-state index in [0.717, 1.165) is 0 Å². The highest BCUT2D eigenvalue weighted by molar-refractivity contribution is 5.43. The second kappa shape index (κ2) is 6.33. The first-order valence-electron chi connectivity index (χ1n) is 5.37. The minimum atomic E-state index is -1.05. The van der Waals surface area contributed by atoms with E-state index in [9.17, 15) is 4.39 Å². The summed E-state index contributed by atoms with van der Waals surface area (Å²) in [6, 6.07) is 5.08. The maximum absolute atomic E-state index is 13.6. The molecule has 2 N–H and O–H groups in total. The SMILES string of the molecule is CCOc1cc(C(F)CCN)ccc1OC. The van der Waals surface area contributed by atoms with Gasteiger partial charge in [-0.2, -0.15) is 0 Å². The molecular formula is C12H18FNO2. The molecule has 3 nitrogen and oxygen atoms in total. The number of alkyl halides is 1. The Labute approximate surface area is 95.4 Å². The monoisotopic (exact) mass is 227 g/mol. The molecule has 0 fully saturated rings. The quantitative estimate of drug-likeness (QED) is 0.811. The molecule has 0 heterocycles. The Kier molecular flexibility index (Phi) is 5.05. The Balaban J connectivity index is 2.91. The number of methoxy groups -OCH3 is 1. The van der Waals surface area contributed by atoms with Gasteiger partial charge in [-0.05, 0) is 37.6 Å². The molecule has 1 atom stereocenters. The Morgan fingerprint density at radius 2 is 2.12 bits per heavy atom. The molecule has 0 aliphatic heterocycles. The van der Waals surface area contributed by atoms with E-state index in [1.54, 1.807) is 25.3 Å². The van der Waals surface area contributed by atoms with E-state index in [1.807, 2.05) is 6.92 Å². The molecule has 0 aliphatic rings. The fraction of sp³-hybridized carbons (Fsp3) is 0.500. The van der Waals surface area contributed by atoms with Gasteiger partial charge in [0.1, 0.15) is 6.17 Å². The van der Waals surface area contributed by atoms with Gasteiger partial charge in [0.05, 0.1) is 13.7 Å². The summed E-state index contributed by atoms with van der Waals surface area (Å²) in [5.74, 6) is 1.19. The lowest BCUT2D eigenvalue weighted by molar-refractivity contribution is 0.303. The highest BCUT2D eigenvalue weighted by Gasteiger charge is 2.12. The molecule has 0 amide bonds. The maximum atomic E-state index is 13.6. The third kappa shape index (κ3) is 3.10. The van der Waals surface area contributed by atoms with Crippen LogP contribution in [-0.4, -0.2) is 20.3 Å². The summed E-state index contributed by atoms with van der Waals surface area (Å²) in [6.45, 7) is 2.73. The molecule has 1 aromatic carbocycles. The van der Waals surface area contributed by atoms with Gasteiger partial charge in [0.25, 0.3) is 0 Å². The van der Waals surface area contributed by atoms with E-state index in [2.05, 4.69) is 0 Å². The number of benzene rings is 1. The van der Waals surface area contributed by atoms with Gasteiger partial charge in [0, 0.05) is 0 Å². The molecule has 4 heteroatoms. The summed E-state index contributed by atoms with van der Waals surface area (Å²) >= 11 is 0. The van der Waals surface area contributed by atoms with E-state index in [-0.39, 0.29) is 0 Å². The van der Waals surface area contributed by atoms with E-state index in [0.29, 0.717) is 36.6 Å². The maximum Gasteiger partial charge on any atom is 0.161 e. The predicted octanol–water partition coefficient (Wildman–Crippen LogP) is 2.45. The molecule has 1 aromatic rings. The summed E-state index contributed by atoms with van der Waals surface area (Å²) in [4.78, 5) is 0. The van der Waals surface area contributed by atoms with Crippen molar-refractivity contribution in [1.82, 2.24) is 0 Å². The molecule has 0 aromatic heterocycles. The van der Waals surface area contributed by atoms with Crippen molar-refractivity contribution in [3.8, 4) is 11.5 Å². The van der Waals surface area contributed by atoms with Crippen molar-refractivity contribution in [3.63, 3.8) is 0 Å². The lowest BCUT2D eigenvalue weighted by Gasteiger charge is -2.13. The lowest BCUT2D eigenvalue weighted by Crippen LogP contribution is -2.04. The summed E-state index contributed by atoms with van der Waals surface area (Å²) in [7, 11) is 1.56. The summed E-state index contributed by atoms with van der Waals surface area (Å²) in [6.07, 6.45) is -0.729. The van der Waals surface area contributed by atoms with Crippen molar-refractivity contribution in [2.75, 3.05) is 20.3 Å². The van der Waals surface area contributed by atoms with Crippen molar-refractivity contribution in [3.05, 3.63) is 23.8 Å². The number of rotatable bonds is 6. The van der Waals surface area contributed by atoms with Crippen LogP contribution in [0.4, 0.5) is 4.39 Å². The first-order valence-corrected chi connectivity index (χ1v) is 5.37. The fourth-order valence-corrected chi connectivity index (χ4v) is 1.47. The van der Waals surface area contributed by atoms with Gasteiger partial charge in [0.2, 0.25) is 0 Å². The Bertz CT molecular complexity index is 331. The highest BCUT2D eigenvalue weighted by atomic mass is 19.1. The third-order valence-electron chi connectivity index (χ3n) is 2.27. The zero-order valence-electron chi connectivity index (χ0n) is 9.70. The molecule has 0 spiro atoms. The van der Waals surface area contributed by atoms with Crippen molar-refractivity contribution < 1.29 is 13.9 Å². The second-order valence-electron chi connectivity index (χ2n) is 3.39. The molecule has 0 saturated heterocycles. The third-order valence-corrected chi connectivity index (χ3v) is 2.27. The second-order valence-corrected chi connectivity index (χ2v) is 3.39. The average Bonchev–Trinajstić information content (AvgIpc) is 2.29. The fourth-order valence-electron chi connectivity index (χ4n) is 1.47. The van der Waals surface area contributed by atoms with E-state index < -0.39 is 6.17 Å². The first kappa shape index (κ1) is 12.8. The number of halogens is 1. The average molecular weight is 227 g/mol. The van der Waals surface area contributed by atoms with Gasteiger partial charge in [-0.1, -0.05) is 6.07 Å². The lowest BCUT2D eigenvalue weighted by atomic mass is 10.1. The van der Waals surface area contributed by atoms with Crippen LogP contribution >= 0.6 is 0 Å². The normalized spacial score (nSPS) is 12.2. The van der Waals surface area contributed by atoms with Crippen molar-refractivity contribution in [2.24, 2.45) is 5.73 Å². The molecule has 90 valence electrons. The Morgan fingerprint density at radius 3 is 2.69 bits per heavy atom. The van der Waals surface area contributed by atoms with Crippen LogP contribution in [-0.2, 0) is 0 Å². The minimum Gasteiger partial charge on any atom is -0.493 e. The minimum absolute atomic E-state index is 0.317. The molecular weight excluding hydrogens is 209 g/mol. The van der Waals surface area contributed by atoms with Crippen LogP contribution in [0.3, 0.4) is 0 Å². The van der Waals surface area contributed by atoms with E-state index in [4.69, 9.17) is 15.2 Å². The Morgan fingerprint density at radius 1 is 1.38 bits per heavy atom. The molecule has 16 heavy (non-hydrogen) atoms. The summed E-state index contributed by atoms with van der Waals surface area (Å²) < 4.78 is 24.1. The zero-order chi connectivity index (χ0) is 12.0. The van der Waals surface area contributed by atoms with Crippen LogP contribution in [0.1, 0.15) is 25.1 Å². The van der Waals surface area contributed by atoms with Gasteiger partial charge < -0.3 is 15.2 Å². The highest BCUT2D eigenvalue weighted by Crippen LogP contribution is 2.32. The van der Waals surface area contributed by atoms with Crippen LogP contribution in [0.5, 0.6) is 11.5 Å². The molecule has 0 aliphatic carbocycles. The molecule has 0 saturated carbocycles. The number of ether oxygens (including phenoxy) is 2. The van der Waals surface area contributed by atoms with Crippen LogP contribution in [0.15, 0.2) is 18.2 Å². The van der Waals surface area contributed by atoms with Crippen molar-refractivity contribution >= 4 is 0 Å². The number of hydrogen-bond acceptors (Lipinski definition) is 3. The summed E-state index contributed by atoms with van der Waals surface area (Å²) in [5, 5.41) is 0. The smallest absolute Gasteiger partial charge is 0.161 e. The van der Waals surface area contributed by atoms with Gasteiger partial charge in [0.15, 0.2) is 11.5 Å². The van der Waals surface area contributed by atoms with Gasteiger partial charge in [-0.25, -0.2) is 4.39 Å². The van der Waals surface area contributed by atoms with Gasteiger partial charge in [-0.3, -0.25) is 0 Å². The molecule has 0 radical (unpaired) electrons. The standard InChI is InChI=1S/C12H18FNO2/c1-3-16-12-8-9(10(13)6-7-14)4-5-11(12)15-2/h4-5,8,10H,3,6-7,14H2,1-2H3. The van der Waals surface area contributed by atoms with Crippen molar-refractivity contribution in [2.45, 2.75) is 19.5 Å². The largest absolute Gasteiger partial charge is 0.493 e. The van der Waals surface area contributed by atoms with Gasteiger partial charge >= 0.3 is 0 Å². The zero-order valence-corrected chi connectivity index (χ0v) is 9.70. The van der Waals surface area contributed by atoms with Crippen LogP contribution in [0.2, 0.25) is 0 Å². The molecule has 1 unspecified atom stereocenters. The van der Waals surface area contributed by atoms with Crippen LogP contribution in [0.25, 0.3) is 0 Å². The molecule has 1 rings (SSSR count). The van der Waals surface area contributed by atoms with Crippen molar-refractivity contribution in [1.29, 1.82) is 0 Å². The van der Waals surface area contributed by atoms with Gasteiger partial charge in [-0.15, -0.1) is 0 Å². The van der Waals surface area contributed by atoms with Crippen LogP contribution in [0, 0.1) is 0 Å².